The molecule has 0 aromatic heterocycles. The van der Waals surface area contributed by atoms with Crippen LogP contribution in [-0.2, 0) is 9.59 Å². The Bertz CT molecular complexity index is 161. The summed E-state index contributed by atoms with van der Waals surface area (Å²) < 4.78 is 0. The molecular weight excluding hydrogens is 176 g/mol. The first-order valence-electron chi connectivity index (χ1n) is 3.79. The van der Waals surface area contributed by atoms with Crippen molar-refractivity contribution in [1.29, 1.82) is 0 Å². The van der Waals surface area contributed by atoms with E-state index in [0.717, 1.165) is 0 Å². The van der Waals surface area contributed by atoms with Gasteiger partial charge < -0.3 is 10.6 Å². The summed E-state index contributed by atoms with van der Waals surface area (Å²) in [5.41, 5.74) is 0. The van der Waals surface area contributed by atoms with Crippen LogP contribution in [0.3, 0.4) is 0 Å². The lowest BCUT2D eigenvalue weighted by Crippen LogP contribution is -2.29. The van der Waals surface area contributed by atoms with Gasteiger partial charge in [0.2, 0.25) is 11.8 Å². The molecule has 4 nitrogen and oxygen atoms in total. The molecular formula is C7H14N2O2S. The zero-order valence-corrected chi connectivity index (χ0v) is 7.99. The lowest BCUT2D eigenvalue weighted by molar-refractivity contribution is -0.121. The Balaban J connectivity index is 3.30. The second-order valence-electron chi connectivity index (χ2n) is 2.25. The molecule has 0 saturated heterocycles. The van der Waals surface area contributed by atoms with Gasteiger partial charge in [0, 0.05) is 26.4 Å². The van der Waals surface area contributed by atoms with Gasteiger partial charge in [-0.15, -0.1) is 0 Å². The van der Waals surface area contributed by atoms with Gasteiger partial charge in [0.15, 0.2) is 0 Å². The van der Waals surface area contributed by atoms with Crippen LogP contribution in [0.5, 0.6) is 0 Å². The Morgan fingerprint density at radius 1 is 1.25 bits per heavy atom. The lowest BCUT2D eigenvalue weighted by atomic mass is 10.4. The van der Waals surface area contributed by atoms with Crippen molar-refractivity contribution in [2.75, 3.05) is 19.3 Å². The minimum Gasteiger partial charge on any atom is -0.359 e. The largest absolute Gasteiger partial charge is 0.359 e. The van der Waals surface area contributed by atoms with Gasteiger partial charge in [-0.1, -0.05) is 0 Å². The summed E-state index contributed by atoms with van der Waals surface area (Å²) in [5, 5.41) is 5.07. The summed E-state index contributed by atoms with van der Waals surface area (Å²) in [4.78, 5) is 21.5. The van der Waals surface area contributed by atoms with Crippen molar-refractivity contribution < 1.29 is 9.59 Å². The molecule has 0 rings (SSSR count). The van der Waals surface area contributed by atoms with Gasteiger partial charge in [-0.05, 0) is 5.75 Å². The maximum Gasteiger partial charge on any atom is 0.221 e. The fourth-order valence-corrected chi connectivity index (χ4v) is 0.833. The van der Waals surface area contributed by atoms with Crippen LogP contribution in [0.25, 0.3) is 0 Å². The van der Waals surface area contributed by atoms with E-state index in [-0.39, 0.29) is 11.8 Å². The van der Waals surface area contributed by atoms with E-state index in [2.05, 4.69) is 23.3 Å². The first-order valence-corrected chi connectivity index (χ1v) is 4.42. The molecule has 0 heterocycles. The number of amides is 2. The number of nitrogens with one attached hydrogen (secondary N) is 2. The fourth-order valence-electron chi connectivity index (χ4n) is 0.630. The molecule has 0 aromatic rings. The van der Waals surface area contributed by atoms with Gasteiger partial charge in [-0.3, -0.25) is 9.59 Å². The SMILES string of the molecule is CNC(=O)CCNC(=O)CCS. The zero-order chi connectivity index (χ0) is 9.40. The standard InChI is InChI=1S/C7H14N2O2S/c1-8-6(10)2-4-9-7(11)3-5-12/h12H,2-5H2,1H3,(H,8,10)(H,9,11). The molecule has 70 valence electrons. The van der Waals surface area contributed by atoms with Crippen LogP contribution in [0, 0.1) is 0 Å². The third-order valence-electron chi connectivity index (χ3n) is 1.29. The number of thiol groups is 1. The molecule has 0 saturated carbocycles. The monoisotopic (exact) mass is 190 g/mol. The van der Waals surface area contributed by atoms with Crippen molar-refractivity contribution in [3.63, 3.8) is 0 Å². The summed E-state index contributed by atoms with van der Waals surface area (Å²) in [5.74, 6) is 0.404. The van der Waals surface area contributed by atoms with Gasteiger partial charge in [-0.25, -0.2) is 0 Å². The van der Waals surface area contributed by atoms with Gasteiger partial charge in [0.05, 0.1) is 0 Å². The maximum atomic E-state index is 10.8. The molecule has 0 fully saturated rings. The molecule has 0 atom stereocenters. The Labute approximate surface area is 77.5 Å². The van der Waals surface area contributed by atoms with Crippen LogP contribution in [0.1, 0.15) is 12.8 Å². The molecule has 0 unspecified atom stereocenters. The highest BCUT2D eigenvalue weighted by molar-refractivity contribution is 7.80. The number of hydrogen-bond donors (Lipinski definition) is 3. The van der Waals surface area contributed by atoms with E-state index in [1.165, 1.54) is 0 Å². The average Bonchev–Trinajstić information content (AvgIpc) is 2.04. The highest BCUT2D eigenvalue weighted by Crippen LogP contribution is 1.83. The molecule has 12 heavy (non-hydrogen) atoms. The fraction of sp³-hybridized carbons (Fsp3) is 0.714. The maximum absolute atomic E-state index is 10.8. The Morgan fingerprint density at radius 2 is 1.92 bits per heavy atom. The van der Waals surface area contributed by atoms with E-state index in [0.29, 0.717) is 25.1 Å². The van der Waals surface area contributed by atoms with Gasteiger partial charge >= 0.3 is 0 Å². The van der Waals surface area contributed by atoms with E-state index in [1.54, 1.807) is 7.05 Å². The smallest absolute Gasteiger partial charge is 0.221 e. The second-order valence-corrected chi connectivity index (χ2v) is 2.69. The molecule has 0 spiro atoms. The predicted octanol–water partition coefficient (Wildman–Crippen LogP) is -0.441. The minimum atomic E-state index is -0.0684. The van der Waals surface area contributed by atoms with Crippen LogP contribution in [0.2, 0.25) is 0 Å². The molecule has 5 heteroatoms. The number of hydrogen-bond acceptors (Lipinski definition) is 3. The van der Waals surface area contributed by atoms with Crippen LogP contribution in [0.15, 0.2) is 0 Å². The van der Waals surface area contributed by atoms with Crippen LogP contribution < -0.4 is 10.6 Å². The molecule has 0 radical (unpaired) electrons. The number of carbonyl (C=O) groups is 2. The highest BCUT2D eigenvalue weighted by atomic mass is 32.1. The van der Waals surface area contributed by atoms with Crippen molar-refractivity contribution in [3.8, 4) is 0 Å². The van der Waals surface area contributed by atoms with Crippen molar-refractivity contribution in [3.05, 3.63) is 0 Å². The molecule has 2 amide bonds. The second kappa shape index (κ2) is 6.97. The lowest BCUT2D eigenvalue weighted by Gasteiger charge is -2.02. The van der Waals surface area contributed by atoms with E-state index < -0.39 is 0 Å². The van der Waals surface area contributed by atoms with E-state index in [4.69, 9.17) is 0 Å². The summed E-state index contributed by atoms with van der Waals surface area (Å²) in [6.45, 7) is 0.395. The summed E-state index contributed by atoms with van der Waals surface area (Å²) in [6, 6.07) is 0. The zero-order valence-electron chi connectivity index (χ0n) is 7.09. The van der Waals surface area contributed by atoms with Crippen molar-refractivity contribution >= 4 is 24.4 Å². The van der Waals surface area contributed by atoms with E-state index >= 15 is 0 Å². The first kappa shape index (κ1) is 11.3. The summed E-state index contributed by atoms with van der Waals surface area (Å²) >= 11 is 3.90. The highest BCUT2D eigenvalue weighted by Gasteiger charge is 2.00. The molecule has 0 aliphatic carbocycles. The molecule has 0 aliphatic heterocycles. The third-order valence-corrected chi connectivity index (χ3v) is 1.52. The minimum absolute atomic E-state index is 0.0612. The Hall–Kier alpha value is -0.710. The van der Waals surface area contributed by atoms with Crippen LogP contribution >= 0.6 is 12.6 Å². The third kappa shape index (κ3) is 6.03. The number of carbonyl (C=O) groups excluding carboxylic acids is 2. The average molecular weight is 190 g/mol. The van der Waals surface area contributed by atoms with Crippen LogP contribution in [0.4, 0.5) is 0 Å². The molecule has 0 bridgehead atoms. The predicted molar refractivity (Wildman–Crippen MR) is 50.2 cm³/mol. The molecule has 0 aromatic carbocycles. The quantitative estimate of drug-likeness (QED) is 0.515. The van der Waals surface area contributed by atoms with E-state index in [9.17, 15) is 9.59 Å². The normalized spacial score (nSPS) is 9.17. The van der Waals surface area contributed by atoms with Gasteiger partial charge in [0.25, 0.3) is 0 Å². The topological polar surface area (TPSA) is 58.2 Å². The van der Waals surface area contributed by atoms with Crippen LogP contribution in [-0.4, -0.2) is 31.2 Å². The first-order chi connectivity index (χ1) is 5.70. The molecule has 2 N–H and O–H groups in total. The molecule has 0 aliphatic rings. The van der Waals surface area contributed by atoms with Gasteiger partial charge in [-0.2, -0.15) is 12.6 Å². The van der Waals surface area contributed by atoms with Crippen molar-refractivity contribution in [2.24, 2.45) is 0 Å². The summed E-state index contributed by atoms with van der Waals surface area (Å²) in [6.07, 6.45) is 0.728. The van der Waals surface area contributed by atoms with Crippen molar-refractivity contribution in [1.82, 2.24) is 10.6 Å². The number of rotatable bonds is 5. The summed E-state index contributed by atoms with van der Waals surface area (Å²) in [7, 11) is 1.57. The van der Waals surface area contributed by atoms with E-state index in [1.807, 2.05) is 0 Å². The van der Waals surface area contributed by atoms with Crippen molar-refractivity contribution in [2.45, 2.75) is 12.8 Å². The van der Waals surface area contributed by atoms with Gasteiger partial charge in [0.1, 0.15) is 0 Å². The Morgan fingerprint density at radius 3 is 2.42 bits per heavy atom. The Kier molecular flexibility index (Phi) is 6.55.